The largest absolute Gasteiger partial charge is 0.388 e. The van der Waals surface area contributed by atoms with Crippen LogP contribution in [0.1, 0.15) is 31.4 Å². The van der Waals surface area contributed by atoms with Gasteiger partial charge in [-0.15, -0.1) is 17.0 Å². The van der Waals surface area contributed by atoms with Gasteiger partial charge in [0.05, 0.1) is 5.60 Å². The molecule has 3 rings (SSSR count). The number of likely N-dealkylation sites (tertiary alicyclic amines) is 1. The second kappa shape index (κ2) is 4.32. The number of hydrogen-bond donors (Lipinski definition) is 1. The molecule has 0 aromatic heterocycles. The van der Waals surface area contributed by atoms with Gasteiger partial charge in [0.15, 0.2) is 0 Å². The highest BCUT2D eigenvalue weighted by atomic mass is 79.9. The maximum atomic E-state index is 11.0. The molecule has 0 radical (unpaired) electrons. The average molecular weight is 312 g/mol. The number of benzene rings is 1. The van der Waals surface area contributed by atoms with Gasteiger partial charge in [-0.1, -0.05) is 31.2 Å². The van der Waals surface area contributed by atoms with Crippen LogP contribution in [0.3, 0.4) is 0 Å². The van der Waals surface area contributed by atoms with E-state index in [2.05, 4.69) is 43.1 Å². The first kappa shape index (κ1) is 14.0. The fraction of sp³-hybridized carbons (Fsp3) is 0.600. The normalized spacial score (nSPS) is 38.8. The van der Waals surface area contributed by atoms with Crippen LogP contribution in [0, 0.1) is 0 Å². The van der Waals surface area contributed by atoms with Gasteiger partial charge in [0.25, 0.3) is 0 Å². The third-order valence-corrected chi connectivity index (χ3v) is 5.29. The van der Waals surface area contributed by atoms with Crippen molar-refractivity contribution in [3.8, 4) is 0 Å². The minimum absolute atomic E-state index is 0. The summed E-state index contributed by atoms with van der Waals surface area (Å²) in [7, 11) is 2.13. The van der Waals surface area contributed by atoms with Crippen LogP contribution in [-0.4, -0.2) is 35.2 Å². The fourth-order valence-electron chi connectivity index (χ4n) is 3.81. The molecule has 1 fully saturated rings. The van der Waals surface area contributed by atoms with Gasteiger partial charge in [-0.25, -0.2) is 0 Å². The zero-order valence-corrected chi connectivity index (χ0v) is 13.0. The molecule has 2 aliphatic rings. The number of likely N-dealkylation sites (N-methyl/N-ethyl adjacent to an activating group) is 1. The van der Waals surface area contributed by atoms with E-state index >= 15 is 0 Å². The average Bonchev–Trinajstić information content (AvgIpc) is 2.29. The van der Waals surface area contributed by atoms with Gasteiger partial charge in [0, 0.05) is 11.5 Å². The maximum absolute atomic E-state index is 11.0. The summed E-state index contributed by atoms with van der Waals surface area (Å²) in [6.45, 7) is 5.32. The Labute approximate surface area is 120 Å². The minimum atomic E-state index is -0.631. The molecule has 0 saturated carbocycles. The Bertz CT molecular complexity index is 460. The van der Waals surface area contributed by atoms with E-state index in [4.69, 9.17) is 0 Å². The molecule has 1 aromatic carbocycles. The summed E-state index contributed by atoms with van der Waals surface area (Å²) in [6, 6.07) is 8.87. The van der Waals surface area contributed by atoms with E-state index in [1.165, 1.54) is 11.1 Å². The Morgan fingerprint density at radius 1 is 1.28 bits per heavy atom. The lowest BCUT2D eigenvalue weighted by atomic mass is 9.56. The van der Waals surface area contributed by atoms with Crippen molar-refractivity contribution in [2.24, 2.45) is 0 Å². The van der Waals surface area contributed by atoms with E-state index in [-0.39, 0.29) is 28.4 Å². The number of nitrogens with zero attached hydrogens (tertiary/aromatic N) is 1. The zero-order chi connectivity index (χ0) is 12.3. The molecule has 1 aliphatic heterocycles. The van der Waals surface area contributed by atoms with E-state index in [0.717, 1.165) is 19.4 Å². The SMILES string of the molecule is Br.CN1CCC2(C)c3ccccc3CC1C2(C)O. The van der Waals surface area contributed by atoms with Gasteiger partial charge < -0.3 is 10.0 Å². The summed E-state index contributed by atoms with van der Waals surface area (Å²) >= 11 is 0. The van der Waals surface area contributed by atoms with E-state index < -0.39 is 5.60 Å². The molecular formula is C15H22BrNO. The van der Waals surface area contributed by atoms with Crippen molar-refractivity contribution >= 4 is 17.0 Å². The summed E-state index contributed by atoms with van der Waals surface area (Å²) in [5.41, 5.74) is 2.04. The monoisotopic (exact) mass is 311 g/mol. The van der Waals surface area contributed by atoms with Crippen LogP contribution in [0.25, 0.3) is 0 Å². The molecule has 1 heterocycles. The van der Waals surface area contributed by atoms with Crippen molar-refractivity contribution < 1.29 is 5.11 Å². The molecule has 1 saturated heterocycles. The molecule has 1 aliphatic carbocycles. The molecule has 1 aromatic rings. The first-order valence-corrected chi connectivity index (χ1v) is 6.48. The first-order valence-electron chi connectivity index (χ1n) is 6.48. The van der Waals surface area contributed by atoms with E-state index in [0.29, 0.717) is 0 Å². The molecule has 100 valence electrons. The Kier molecular flexibility index (Phi) is 3.37. The van der Waals surface area contributed by atoms with E-state index in [1.54, 1.807) is 0 Å². The highest BCUT2D eigenvalue weighted by Crippen LogP contribution is 2.50. The predicted molar refractivity (Wildman–Crippen MR) is 79.5 cm³/mol. The fourth-order valence-corrected chi connectivity index (χ4v) is 3.81. The number of rotatable bonds is 0. The predicted octanol–water partition coefficient (Wildman–Crippen LogP) is 2.53. The summed E-state index contributed by atoms with van der Waals surface area (Å²) in [4.78, 5) is 2.32. The number of halogens is 1. The van der Waals surface area contributed by atoms with E-state index in [9.17, 15) is 5.11 Å². The highest BCUT2D eigenvalue weighted by molar-refractivity contribution is 8.93. The minimum Gasteiger partial charge on any atom is -0.388 e. The quantitative estimate of drug-likeness (QED) is 0.796. The van der Waals surface area contributed by atoms with Crippen LogP contribution < -0.4 is 0 Å². The molecule has 3 heteroatoms. The molecule has 0 amide bonds. The van der Waals surface area contributed by atoms with Crippen molar-refractivity contribution in [3.63, 3.8) is 0 Å². The lowest BCUT2D eigenvalue weighted by Gasteiger charge is -2.58. The van der Waals surface area contributed by atoms with Gasteiger partial charge in [0.1, 0.15) is 0 Å². The number of fused-ring (bicyclic) bond motifs is 4. The molecule has 1 N–H and O–H groups in total. The van der Waals surface area contributed by atoms with Crippen molar-refractivity contribution in [1.29, 1.82) is 0 Å². The number of piperidine rings is 1. The number of hydrogen-bond acceptors (Lipinski definition) is 2. The van der Waals surface area contributed by atoms with Gasteiger partial charge in [-0.2, -0.15) is 0 Å². The van der Waals surface area contributed by atoms with Crippen LogP contribution >= 0.6 is 17.0 Å². The van der Waals surface area contributed by atoms with Crippen LogP contribution in [-0.2, 0) is 11.8 Å². The standard InChI is InChI=1S/C15H21NO.BrH/c1-14-8-9-16(3)13(15(14,2)17)10-11-6-4-5-7-12(11)14;/h4-7,13,17H,8-10H2,1-3H3;1H. The molecule has 18 heavy (non-hydrogen) atoms. The Balaban J connectivity index is 0.00000120. The van der Waals surface area contributed by atoms with Crippen LogP contribution in [0.5, 0.6) is 0 Å². The van der Waals surface area contributed by atoms with Crippen LogP contribution in [0.4, 0.5) is 0 Å². The van der Waals surface area contributed by atoms with E-state index in [1.807, 2.05) is 6.92 Å². The number of aliphatic hydroxyl groups is 1. The molecule has 3 unspecified atom stereocenters. The van der Waals surface area contributed by atoms with Crippen molar-refractivity contribution in [2.75, 3.05) is 13.6 Å². The molecular weight excluding hydrogens is 290 g/mol. The van der Waals surface area contributed by atoms with Gasteiger partial charge in [-0.05, 0) is 44.5 Å². The second-order valence-corrected chi connectivity index (χ2v) is 6.09. The molecule has 2 nitrogen and oxygen atoms in total. The van der Waals surface area contributed by atoms with Crippen molar-refractivity contribution in [1.82, 2.24) is 4.90 Å². The van der Waals surface area contributed by atoms with Crippen molar-refractivity contribution in [3.05, 3.63) is 35.4 Å². The summed E-state index contributed by atoms with van der Waals surface area (Å²) in [5.74, 6) is 0. The summed E-state index contributed by atoms with van der Waals surface area (Å²) < 4.78 is 0. The summed E-state index contributed by atoms with van der Waals surface area (Å²) in [6.07, 6.45) is 2.00. The molecule has 3 atom stereocenters. The lowest BCUT2D eigenvalue weighted by molar-refractivity contribution is -0.121. The first-order chi connectivity index (χ1) is 7.97. The molecule has 2 bridgehead atoms. The lowest BCUT2D eigenvalue weighted by Crippen LogP contribution is -2.68. The van der Waals surface area contributed by atoms with Gasteiger partial charge >= 0.3 is 0 Å². The smallest absolute Gasteiger partial charge is 0.0871 e. The van der Waals surface area contributed by atoms with Gasteiger partial charge in [-0.3, -0.25) is 0 Å². The Hall–Kier alpha value is -0.380. The molecule has 0 spiro atoms. The summed E-state index contributed by atoms with van der Waals surface area (Å²) in [5, 5.41) is 11.0. The van der Waals surface area contributed by atoms with Crippen molar-refractivity contribution in [2.45, 2.75) is 43.7 Å². The topological polar surface area (TPSA) is 23.5 Å². The van der Waals surface area contributed by atoms with Gasteiger partial charge in [0.2, 0.25) is 0 Å². The zero-order valence-electron chi connectivity index (χ0n) is 11.3. The maximum Gasteiger partial charge on any atom is 0.0871 e. The second-order valence-electron chi connectivity index (χ2n) is 6.09. The highest BCUT2D eigenvalue weighted by Gasteiger charge is 2.56. The Morgan fingerprint density at radius 3 is 2.67 bits per heavy atom. The third kappa shape index (κ3) is 1.60. The van der Waals surface area contributed by atoms with Crippen LogP contribution in [0.2, 0.25) is 0 Å². The third-order valence-electron chi connectivity index (χ3n) is 5.29. The van der Waals surface area contributed by atoms with Crippen LogP contribution in [0.15, 0.2) is 24.3 Å². The Morgan fingerprint density at radius 2 is 1.94 bits per heavy atom.